The Kier molecular flexibility index (Phi) is 8.02. The van der Waals surface area contributed by atoms with E-state index in [1.807, 2.05) is 36.4 Å². The Labute approximate surface area is 203 Å². The molecule has 2 heterocycles. The van der Waals surface area contributed by atoms with Gasteiger partial charge in [0.15, 0.2) is 0 Å². The summed E-state index contributed by atoms with van der Waals surface area (Å²) in [5, 5.41) is 7.90. The van der Waals surface area contributed by atoms with E-state index in [0.29, 0.717) is 10.0 Å². The number of ether oxygens (including phenoxy) is 1. The highest BCUT2D eigenvalue weighted by atomic mass is 35.5. The minimum Gasteiger partial charge on any atom is -0.488 e. The van der Waals surface area contributed by atoms with Crippen molar-refractivity contribution in [3.05, 3.63) is 63.0 Å². The van der Waals surface area contributed by atoms with Crippen molar-refractivity contribution >= 4 is 53.0 Å². The van der Waals surface area contributed by atoms with Gasteiger partial charge in [-0.25, -0.2) is 0 Å². The van der Waals surface area contributed by atoms with Crippen LogP contribution in [0.4, 0.5) is 5.69 Å². The van der Waals surface area contributed by atoms with E-state index in [9.17, 15) is 4.79 Å². The summed E-state index contributed by atoms with van der Waals surface area (Å²) in [6, 6.07) is 13.3. The molecule has 2 aromatic rings. The topological polar surface area (TPSA) is 53.6 Å². The van der Waals surface area contributed by atoms with E-state index in [1.165, 1.54) is 0 Å². The highest BCUT2D eigenvalue weighted by Gasteiger charge is 2.28. The maximum Gasteiger partial charge on any atom is 0.147 e. The molecule has 0 bridgehead atoms. The molecule has 0 aromatic heterocycles. The number of aldehydes is 1. The standard InChI is InChI=1S/C24H27Cl2N3O2S/c1-16(21-14-27-8-9-28-21)31-23-5-3-2-4-17(23)12-24-22(15-30)29(10-11-32-24)18-6-7-19(25)20(26)13-18/h2-7,12-13,15-16,21-22,27-28H,8-11,14H2,1H3. The summed E-state index contributed by atoms with van der Waals surface area (Å²) in [6.45, 7) is 5.63. The lowest BCUT2D eigenvalue weighted by Gasteiger charge is -2.36. The van der Waals surface area contributed by atoms with Gasteiger partial charge in [0.1, 0.15) is 24.2 Å². The third-order valence-corrected chi connectivity index (χ3v) is 7.58. The van der Waals surface area contributed by atoms with Crippen LogP contribution in [-0.2, 0) is 4.79 Å². The van der Waals surface area contributed by atoms with E-state index in [-0.39, 0.29) is 18.2 Å². The average Bonchev–Trinajstić information content (AvgIpc) is 2.82. The van der Waals surface area contributed by atoms with Crippen molar-refractivity contribution in [3.8, 4) is 5.75 Å². The molecule has 0 saturated carbocycles. The van der Waals surface area contributed by atoms with Crippen molar-refractivity contribution in [1.29, 1.82) is 0 Å². The van der Waals surface area contributed by atoms with Crippen molar-refractivity contribution in [3.63, 3.8) is 0 Å². The summed E-state index contributed by atoms with van der Waals surface area (Å²) in [6.07, 6.45) is 3.07. The zero-order chi connectivity index (χ0) is 22.5. The maximum atomic E-state index is 12.2. The molecule has 0 radical (unpaired) electrons. The second-order valence-electron chi connectivity index (χ2n) is 7.89. The number of thioether (sulfide) groups is 1. The number of nitrogens with one attached hydrogen (secondary N) is 2. The summed E-state index contributed by atoms with van der Waals surface area (Å²) >= 11 is 14.0. The zero-order valence-corrected chi connectivity index (χ0v) is 20.2. The number of para-hydroxylation sites is 1. The van der Waals surface area contributed by atoms with Crippen LogP contribution in [0.1, 0.15) is 12.5 Å². The van der Waals surface area contributed by atoms with Crippen LogP contribution in [0.5, 0.6) is 5.75 Å². The number of carbonyl (C=O) groups excluding carboxylic acids is 1. The Morgan fingerprint density at radius 2 is 2.03 bits per heavy atom. The summed E-state index contributed by atoms with van der Waals surface area (Å²) in [7, 11) is 0. The van der Waals surface area contributed by atoms with Crippen molar-refractivity contribution in [2.24, 2.45) is 0 Å². The first-order valence-electron chi connectivity index (χ1n) is 10.8. The number of benzene rings is 2. The van der Waals surface area contributed by atoms with Crippen molar-refractivity contribution in [2.75, 3.05) is 36.8 Å². The molecule has 3 unspecified atom stereocenters. The van der Waals surface area contributed by atoms with Crippen molar-refractivity contribution < 1.29 is 9.53 Å². The second-order valence-corrected chi connectivity index (χ2v) is 9.88. The fraction of sp³-hybridized carbons (Fsp3) is 0.375. The molecular formula is C24H27Cl2N3O2S. The zero-order valence-electron chi connectivity index (χ0n) is 17.9. The Morgan fingerprint density at radius 3 is 2.78 bits per heavy atom. The highest BCUT2D eigenvalue weighted by molar-refractivity contribution is 8.03. The van der Waals surface area contributed by atoms with Crippen molar-refractivity contribution in [1.82, 2.24) is 10.6 Å². The fourth-order valence-electron chi connectivity index (χ4n) is 4.01. The molecule has 32 heavy (non-hydrogen) atoms. The van der Waals surface area contributed by atoms with Crippen LogP contribution >= 0.6 is 35.0 Å². The van der Waals surface area contributed by atoms with Crippen LogP contribution in [0.3, 0.4) is 0 Å². The first-order chi connectivity index (χ1) is 15.6. The predicted molar refractivity (Wildman–Crippen MR) is 135 cm³/mol. The number of rotatable bonds is 6. The lowest BCUT2D eigenvalue weighted by molar-refractivity contribution is -0.108. The number of halogens is 2. The van der Waals surface area contributed by atoms with E-state index >= 15 is 0 Å². The fourth-order valence-corrected chi connectivity index (χ4v) is 5.39. The van der Waals surface area contributed by atoms with Gasteiger partial charge in [-0.15, -0.1) is 11.8 Å². The second kappa shape index (κ2) is 10.9. The van der Waals surface area contributed by atoms with Gasteiger partial charge >= 0.3 is 0 Å². The van der Waals surface area contributed by atoms with Crippen LogP contribution < -0.4 is 20.3 Å². The van der Waals surface area contributed by atoms with E-state index in [1.54, 1.807) is 17.8 Å². The third kappa shape index (κ3) is 5.43. The summed E-state index contributed by atoms with van der Waals surface area (Å²) in [5.41, 5.74) is 1.85. The molecule has 2 aliphatic rings. The number of hydrogen-bond acceptors (Lipinski definition) is 6. The molecule has 2 N–H and O–H groups in total. The largest absolute Gasteiger partial charge is 0.488 e. The number of carbonyl (C=O) groups is 1. The molecule has 2 fully saturated rings. The van der Waals surface area contributed by atoms with Crippen LogP contribution in [0.2, 0.25) is 10.0 Å². The Hall–Kier alpha value is -1.70. The van der Waals surface area contributed by atoms with Crippen LogP contribution in [0.25, 0.3) is 6.08 Å². The smallest absolute Gasteiger partial charge is 0.147 e. The minimum atomic E-state index is -0.388. The first-order valence-corrected chi connectivity index (χ1v) is 12.5. The molecular weight excluding hydrogens is 465 g/mol. The van der Waals surface area contributed by atoms with Gasteiger partial charge in [0.2, 0.25) is 0 Å². The minimum absolute atomic E-state index is 0.0101. The molecule has 2 saturated heterocycles. The molecule has 0 spiro atoms. The molecule has 8 heteroatoms. The molecule has 0 aliphatic carbocycles. The normalized spacial score (nSPS) is 23.7. The van der Waals surface area contributed by atoms with Gasteiger partial charge in [0, 0.05) is 48.1 Å². The highest BCUT2D eigenvalue weighted by Crippen LogP contribution is 2.36. The van der Waals surface area contributed by atoms with Gasteiger partial charge in [0.05, 0.1) is 16.1 Å². The van der Waals surface area contributed by atoms with Crippen LogP contribution in [0, 0.1) is 0 Å². The van der Waals surface area contributed by atoms with Gasteiger partial charge in [-0.3, -0.25) is 0 Å². The van der Waals surface area contributed by atoms with Crippen LogP contribution in [0.15, 0.2) is 47.4 Å². The number of hydrogen-bond donors (Lipinski definition) is 2. The molecule has 5 nitrogen and oxygen atoms in total. The quantitative estimate of drug-likeness (QED) is 0.580. The van der Waals surface area contributed by atoms with Crippen LogP contribution in [-0.4, -0.2) is 56.4 Å². The number of anilines is 1. The lowest BCUT2D eigenvalue weighted by Crippen LogP contribution is -2.54. The number of nitrogens with zero attached hydrogens (tertiary/aromatic N) is 1. The molecule has 2 aromatic carbocycles. The molecule has 0 amide bonds. The number of piperazine rings is 1. The Morgan fingerprint density at radius 1 is 1.19 bits per heavy atom. The van der Waals surface area contributed by atoms with Gasteiger partial charge in [-0.2, -0.15) is 0 Å². The van der Waals surface area contributed by atoms with Gasteiger partial charge in [-0.1, -0.05) is 41.4 Å². The average molecular weight is 492 g/mol. The van der Waals surface area contributed by atoms with E-state index in [2.05, 4.69) is 28.5 Å². The van der Waals surface area contributed by atoms with Crippen molar-refractivity contribution in [2.45, 2.75) is 25.1 Å². The molecule has 4 rings (SSSR count). The summed E-state index contributed by atoms with van der Waals surface area (Å²) in [5.74, 6) is 1.69. The lowest BCUT2D eigenvalue weighted by atomic mass is 10.1. The van der Waals surface area contributed by atoms with E-state index in [4.69, 9.17) is 27.9 Å². The molecule has 3 atom stereocenters. The molecule has 2 aliphatic heterocycles. The monoisotopic (exact) mass is 491 g/mol. The third-order valence-electron chi connectivity index (χ3n) is 5.76. The van der Waals surface area contributed by atoms with E-state index < -0.39 is 0 Å². The maximum absolute atomic E-state index is 12.2. The Balaban J connectivity index is 1.58. The summed E-state index contributed by atoms with van der Waals surface area (Å²) < 4.78 is 6.35. The van der Waals surface area contributed by atoms with Gasteiger partial charge < -0.3 is 25.1 Å². The van der Waals surface area contributed by atoms with Gasteiger partial charge in [-0.05, 0) is 37.3 Å². The summed E-state index contributed by atoms with van der Waals surface area (Å²) in [4.78, 5) is 15.2. The van der Waals surface area contributed by atoms with E-state index in [0.717, 1.165) is 60.1 Å². The first kappa shape index (κ1) is 23.5. The Bertz CT molecular complexity index is 981. The predicted octanol–water partition coefficient (Wildman–Crippen LogP) is 4.48. The van der Waals surface area contributed by atoms with Gasteiger partial charge in [0.25, 0.3) is 0 Å². The molecule has 170 valence electrons. The SMILES string of the molecule is CC(Oc1ccccc1C=C1SCCN(c2ccc(Cl)c(Cl)c2)C1C=O)C1CNCCN1.